The van der Waals surface area contributed by atoms with E-state index in [0.29, 0.717) is 6.04 Å². The van der Waals surface area contributed by atoms with Crippen LogP contribution in [0.5, 0.6) is 0 Å². The average Bonchev–Trinajstić information content (AvgIpc) is 2.27. The van der Waals surface area contributed by atoms with E-state index in [2.05, 4.69) is 57.0 Å². The number of anilines is 1. The molecule has 1 aromatic carbocycles. The molecule has 0 fully saturated rings. The van der Waals surface area contributed by atoms with E-state index in [1.807, 2.05) is 6.92 Å². The maximum atomic E-state index is 5.81. The summed E-state index contributed by atoms with van der Waals surface area (Å²) in [4.78, 5) is 2.36. The van der Waals surface area contributed by atoms with Crippen molar-refractivity contribution in [3.8, 4) is 0 Å². The second-order valence-corrected chi connectivity index (χ2v) is 5.94. The highest BCUT2D eigenvalue weighted by molar-refractivity contribution is 5.47. The third-order valence-electron chi connectivity index (χ3n) is 3.37. The molecule has 0 heterocycles. The lowest BCUT2D eigenvalue weighted by atomic mass is 10.0. The van der Waals surface area contributed by atoms with Crippen molar-refractivity contribution in [1.82, 2.24) is 0 Å². The fourth-order valence-corrected chi connectivity index (χ4v) is 2.33. The summed E-state index contributed by atoms with van der Waals surface area (Å²) in [6.07, 6.45) is 2.17. The first-order valence-electron chi connectivity index (χ1n) is 6.97. The van der Waals surface area contributed by atoms with E-state index >= 15 is 0 Å². The molecule has 2 N–H and O–H groups in total. The van der Waals surface area contributed by atoms with E-state index in [0.717, 1.165) is 12.3 Å². The van der Waals surface area contributed by atoms with E-state index in [1.165, 1.54) is 17.7 Å². The van der Waals surface area contributed by atoms with E-state index < -0.39 is 0 Å². The third kappa shape index (κ3) is 4.69. The Morgan fingerprint density at radius 1 is 1.06 bits per heavy atom. The highest BCUT2D eigenvalue weighted by Crippen LogP contribution is 2.20. The van der Waals surface area contributed by atoms with Crippen LogP contribution in [0.2, 0.25) is 0 Å². The van der Waals surface area contributed by atoms with Gasteiger partial charge in [0.05, 0.1) is 0 Å². The zero-order chi connectivity index (χ0) is 13.7. The van der Waals surface area contributed by atoms with Gasteiger partial charge in [0.2, 0.25) is 0 Å². The van der Waals surface area contributed by atoms with Crippen molar-refractivity contribution < 1.29 is 0 Å². The number of benzene rings is 1. The fraction of sp³-hybridized carbons (Fsp3) is 0.625. The van der Waals surface area contributed by atoms with Crippen molar-refractivity contribution in [3.05, 3.63) is 29.8 Å². The topological polar surface area (TPSA) is 29.3 Å². The van der Waals surface area contributed by atoms with Gasteiger partial charge in [0.1, 0.15) is 0 Å². The van der Waals surface area contributed by atoms with Gasteiger partial charge in [0, 0.05) is 24.8 Å². The van der Waals surface area contributed by atoms with E-state index in [-0.39, 0.29) is 6.04 Å². The number of hydrogen-bond donors (Lipinski definition) is 1. The van der Waals surface area contributed by atoms with Crippen LogP contribution in [0.3, 0.4) is 0 Å². The molecule has 2 atom stereocenters. The predicted molar refractivity (Wildman–Crippen MR) is 81.1 cm³/mol. The van der Waals surface area contributed by atoms with Gasteiger partial charge in [0.15, 0.2) is 0 Å². The Bertz CT molecular complexity index is 341. The molecule has 0 saturated heterocycles. The summed E-state index contributed by atoms with van der Waals surface area (Å²) in [7, 11) is 2.17. The Labute approximate surface area is 112 Å². The molecule has 0 aliphatic rings. The number of rotatable bonds is 6. The van der Waals surface area contributed by atoms with Gasteiger partial charge >= 0.3 is 0 Å². The van der Waals surface area contributed by atoms with Crippen LogP contribution in [-0.2, 0) is 6.42 Å². The minimum atomic E-state index is 0.230. The molecule has 2 unspecified atom stereocenters. The normalized spacial score (nSPS) is 14.6. The Hall–Kier alpha value is -1.02. The Morgan fingerprint density at radius 2 is 1.61 bits per heavy atom. The summed E-state index contributed by atoms with van der Waals surface area (Å²) in [6, 6.07) is 9.59. The van der Waals surface area contributed by atoms with Crippen LogP contribution < -0.4 is 10.6 Å². The summed E-state index contributed by atoms with van der Waals surface area (Å²) < 4.78 is 0. The second-order valence-electron chi connectivity index (χ2n) is 5.94. The molecule has 1 aromatic rings. The van der Waals surface area contributed by atoms with Crippen molar-refractivity contribution in [2.75, 3.05) is 11.9 Å². The first-order valence-corrected chi connectivity index (χ1v) is 6.97. The van der Waals surface area contributed by atoms with Gasteiger partial charge in [0.25, 0.3) is 0 Å². The van der Waals surface area contributed by atoms with Crippen LogP contribution >= 0.6 is 0 Å². The number of nitrogens with zero attached hydrogens (tertiary/aromatic N) is 1. The van der Waals surface area contributed by atoms with Gasteiger partial charge < -0.3 is 10.6 Å². The zero-order valence-electron chi connectivity index (χ0n) is 12.5. The highest BCUT2D eigenvalue weighted by atomic mass is 15.1. The Balaban J connectivity index is 2.66. The molecule has 0 radical (unpaired) electrons. The molecular formula is C16H28N2. The monoisotopic (exact) mass is 248 g/mol. The van der Waals surface area contributed by atoms with Crippen LogP contribution in [0, 0.1) is 5.92 Å². The molecule has 102 valence electrons. The standard InChI is InChI=1S/C16H28N2/c1-12(2)10-14(4)18(5)16-8-6-15(7-9-16)11-13(3)17/h6-9,12-14H,10-11,17H2,1-5H3. The lowest BCUT2D eigenvalue weighted by molar-refractivity contribution is 0.504. The number of nitrogens with two attached hydrogens (primary N) is 1. The quantitative estimate of drug-likeness (QED) is 0.835. The van der Waals surface area contributed by atoms with E-state index in [9.17, 15) is 0 Å². The summed E-state index contributed by atoms with van der Waals surface area (Å²) in [6.45, 7) is 8.88. The van der Waals surface area contributed by atoms with Crippen molar-refractivity contribution in [2.24, 2.45) is 11.7 Å². The van der Waals surface area contributed by atoms with Crippen LogP contribution in [0.4, 0.5) is 5.69 Å². The van der Waals surface area contributed by atoms with Gasteiger partial charge in [-0.3, -0.25) is 0 Å². The molecule has 2 nitrogen and oxygen atoms in total. The largest absolute Gasteiger partial charge is 0.372 e. The Morgan fingerprint density at radius 3 is 2.06 bits per heavy atom. The smallest absolute Gasteiger partial charge is 0.0366 e. The summed E-state index contributed by atoms with van der Waals surface area (Å²) in [5.41, 5.74) is 8.42. The van der Waals surface area contributed by atoms with Crippen LogP contribution in [-0.4, -0.2) is 19.1 Å². The van der Waals surface area contributed by atoms with E-state index in [1.54, 1.807) is 0 Å². The van der Waals surface area contributed by atoms with Gasteiger partial charge in [-0.05, 0) is 50.3 Å². The summed E-state index contributed by atoms with van der Waals surface area (Å²) in [5.74, 6) is 0.736. The van der Waals surface area contributed by atoms with Gasteiger partial charge in [-0.1, -0.05) is 26.0 Å². The minimum absolute atomic E-state index is 0.230. The maximum Gasteiger partial charge on any atom is 0.0366 e. The molecule has 0 spiro atoms. The molecule has 0 aliphatic heterocycles. The van der Waals surface area contributed by atoms with Crippen molar-refractivity contribution in [2.45, 2.75) is 52.6 Å². The molecule has 2 heteroatoms. The molecule has 1 rings (SSSR count). The SMILES string of the molecule is CC(C)CC(C)N(C)c1ccc(CC(C)N)cc1. The van der Waals surface area contributed by atoms with Gasteiger partial charge in [-0.25, -0.2) is 0 Å². The second kappa shape index (κ2) is 6.79. The van der Waals surface area contributed by atoms with Crippen LogP contribution in [0.25, 0.3) is 0 Å². The molecule has 0 aliphatic carbocycles. The molecular weight excluding hydrogens is 220 g/mol. The molecule has 0 aromatic heterocycles. The Kier molecular flexibility index (Phi) is 5.67. The molecule has 0 bridgehead atoms. The van der Waals surface area contributed by atoms with E-state index in [4.69, 9.17) is 5.73 Å². The third-order valence-corrected chi connectivity index (χ3v) is 3.37. The van der Waals surface area contributed by atoms with Gasteiger partial charge in [-0.2, -0.15) is 0 Å². The first-order chi connectivity index (χ1) is 8.40. The van der Waals surface area contributed by atoms with Crippen LogP contribution in [0.15, 0.2) is 24.3 Å². The first kappa shape index (κ1) is 15.0. The highest BCUT2D eigenvalue weighted by Gasteiger charge is 2.11. The lowest BCUT2D eigenvalue weighted by Gasteiger charge is -2.28. The molecule has 18 heavy (non-hydrogen) atoms. The average molecular weight is 248 g/mol. The van der Waals surface area contributed by atoms with Gasteiger partial charge in [-0.15, -0.1) is 0 Å². The maximum absolute atomic E-state index is 5.81. The molecule has 0 amide bonds. The fourth-order valence-electron chi connectivity index (χ4n) is 2.33. The van der Waals surface area contributed by atoms with Crippen LogP contribution in [0.1, 0.15) is 39.7 Å². The predicted octanol–water partition coefficient (Wildman–Crippen LogP) is 3.45. The lowest BCUT2D eigenvalue weighted by Crippen LogP contribution is -2.30. The van der Waals surface area contributed by atoms with Crippen molar-refractivity contribution >= 4 is 5.69 Å². The minimum Gasteiger partial charge on any atom is -0.372 e. The zero-order valence-corrected chi connectivity index (χ0v) is 12.5. The van der Waals surface area contributed by atoms with Crippen molar-refractivity contribution in [1.29, 1.82) is 0 Å². The number of hydrogen-bond acceptors (Lipinski definition) is 2. The summed E-state index contributed by atoms with van der Waals surface area (Å²) >= 11 is 0. The van der Waals surface area contributed by atoms with Crippen molar-refractivity contribution in [3.63, 3.8) is 0 Å². The molecule has 0 saturated carbocycles. The summed E-state index contributed by atoms with van der Waals surface area (Å²) in [5, 5.41) is 0.